The highest BCUT2D eigenvalue weighted by Crippen LogP contribution is 2.23. The number of nitrogens with zero attached hydrogens (tertiary/aromatic N) is 2. The van der Waals surface area contributed by atoms with Crippen LogP contribution < -0.4 is 0 Å². The van der Waals surface area contributed by atoms with Crippen molar-refractivity contribution in [3.63, 3.8) is 0 Å². The minimum atomic E-state index is -0.0553. The first-order valence-electron chi connectivity index (χ1n) is 7.34. The van der Waals surface area contributed by atoms with Crippen LogP contribution in [0.2, 0.25) is 0 Å². The van der Waals surface area contributed by atoms with Crippen molar-refractivity contribution < 1.29 is 9.90 Å². The van der Waals surface area contributed by atoms with Gasteiger partial charge in [0.25, 0.3) is 0 Å². The maximum absolute atomic E-state index is 12.3. The van der Waals surface area contributed by atoms with E-state index in [0.717, 1.165) is 31.2 Å². The Morgan fingerprint density at radius 3 is 2.57 bits per heavy atom. The van der Waals surface area contributed by atoms with Crippen LogP contribution in [0.25, 0.3) is 6.08 Å². The average Bonchev–Trinajstić information content (AvgIpc) is 3.04. The van der Waals surface area contributed by atoms with Gasteiger partial charge in [0.2, 0.25) is 5.91 Å². The molecule has 1 aliphatic rings. The van der Waals surface area contributed by atoms with Gasteiger partial charge in [-0.05, 0) is 36.6 Å². The minimum absolute atomic E-state index is 0.00700. The third-order valence-corrected chi connectivity index (χ3v) is 3.85. The van der Waals surface area contributed by atoms with Crippen LogP contribution in [-0.4, -0.2) is 35.1 Å². The van der Waals surface area contributed by atoms with E-state index in [2.05, 4.69) is 6.07 Å². The SMILES string of the molecule is N#Cc1ccc(C=CC(=O)N(CCO)C2CCCC2)cc1. The lowest BCUT2D eigenvalue weighted by Gasteiger charge is -2.27. The number of carbonyl (C=O) groups excluding carboxylic acids is 1. The predicted octanol–water partition coefficient (Wildman–Crippen LogP) is 2.33. The van der Waals surface area contributed by atoms with Gasteiger partial charge in [-0.2, -0.15) is 5.26 Å². The quantitative estimate of drug-likeness (QED) is 0.844. The van der Waals surface area contributed by atoms with Crippen LogP contribution in [0.5, 0.6) is 0 Å². The smallest absolute Gasteiger partial charge is 0.246 e. The van der Waals surface area contributed by atoms with E-state index < -0.39 is 0 Å². The molecule has 1 aromatic rings. The van der Waals surface area contributed by atoms with Crippen LogP contribution in [0.1, 0.15) is 36.8 Å². The van der Waals surface area contributed by atoms with E-state index >= 15 is 0 Å². The minimum Gasteiger partial charge on any atom is -0.395 e. The molecule has 0 aliphatic heterocycles. The maximum Gasteiger partial charge on any atom is 0.246 e. The van der Waals surface area contributed by atoms with Crippen molar-refractivity contribution in [2.75, 3.05) is 13.2 Å². The summed E-state index contributed by atoms with van der Waals surface area (Å²) in [6.07, 6.45) is 7.66. The molecule has 4 heteroatoms. The van der Waals surface area contributed by atoms with Crippen molar-refractivity contribution in [3.05, 3.63) is 41.5 Å². The molecule has 0 atom stereocenters. The van der Waals surface area contributed by atoms with Crippen LogP contribution in [0, 0.1) is 11.3 Å². The Hall–Kier alpha value is -2.12. The molecule has 1 fully saturated rings. The topological polar surface area (TPSA) is 64.3 Å². The Morgan fingerprint density at radius 1 is 1.33 bits per heavy atom. The fourth-order valence-electron chi connectivity index (χ4n) is 2.73. The monoisotopic (exact) mass is 284 g/mol. The van der Waals surface area contributed by atoms with Gasteiger partial charge in [0.1, 0.15) is 0 Å². The number of nitriles is 1. The van der Waals surface area contributed by atoms with Crippen molar-refractivity contribution in [1.29, 1.82) is 5.26 Å². The van der Waals surface area contributed by atoms with Gasteiger partial charge < -0.3 is 10.0 Å². The number of aliphatic hydroxyl groups excluding tert-OH is 1. The summed E-state index contributed by atoms with van der Waals surface area (Å²) in [7, 11) is 0. The Kier molecular flexibility index (Phi) is 5.53. The first-order valence-corrected chi connectivity index (χ1v) is 7.34. The number of rotatable bonds is 5. The Morgan fingerprint density at radius 2 is 2.00 bits per heavy atom. The van der Waals surface area contributed by atoms with Crippen molar-refractivity contribution in [2.45, 2.75) is 31.7 Å². The molecule has 1 saturated carbocycles. The zero-order valence-electron chi connectivity index (χ0n) is 12.0. The lowest BCUT2D eigenvalue weighted by atomic mass is 10.1. The zero-order chi connectivity index (χ0) is 15.1. The van der Waals surface area contributed by atoms with E-state index in [1.807, 2.05) is 12.1 Å². The molecule has 0 heterocycles. The second kappa shape index (κ2) is 7.61. The normalized spacial score (nSPS) is 15.2. The largest absolute Gasteiger partial charge is 0.395 e. The standard InChI is InChI=1S/C17H20N2O2/c18-13-15-7-5-14(6-8-15)9-10-17(21)19(11-12-20)16-3-1-2-4-16/h5-10,16,20H,1-4,11-12H2. The molecule has 1 aromatic carbocycles. The number of hydrogen-bond acceptors (Lipinski definition) is 3. The molecule has 0 radical (unpaired) electrons. The van der Waals surface area contributed by atoms with E-state index in [-0.39, 0.29) is 18.6 Å². The summed E-state index contributed by atoms with van der Waals surface area (Å²) >= 11 is 0. The van der Waals surface area contributed by atoms with Crippen LogP contribution in [0.4, 0.5) is 0 Å². The second-order valence-corrected chi connectivity index (χ2v) is 5.26. The van der Waals surface area contributed by atoms with E-state index in [1.54, 1.807) is 29.2 Å². The van der Waals surface area contributed by atoms with E-state index in [9.17, 15) is 4.79 Å². The molecular weight excluding hydrogens is 264 g/mol. The third-order valence-electron chi connectivity index (χ3n) is 3.85. The Bertz CT molecular complexity index is 537. The fraction of sp³-hybridized carbons (Fsp3) is 0.412. The second-order valence-electron chi connectivity index (χ2n) is 5.26. The van der Waals surface area contributed by atoms with Gasteiger partial charge in [0.15, 0.2) is 0 Å². The van der Waals surface area contributed by atoms with Crippen molar-refractivity contribution >= 4 is 12.0 Å². The molecule has 1 N–H and O–H groups in total. The highest BCUT2D eigenvalue weighted by atomic mass is 16.3. The first kappa shape index (κ1) is 15.3. The van der Waals surface area contributed by atoms with Crippen LogP contribution in [-0.2, 0) is 4.79 Å². The van der Waals surface area contributed by atoms with Gasteiger partial charge in [-0.15, -0.1) is 0 Å². The van der Waals surface area contributed by atoms with Crippen molar-refractivity contribution in [3.8, 4) is 6.07 Å². The summed E-state index contributed by atoms with van der Waals surface area (Å²) in [5.74, 6) is -0.0553. The first-order chi connectivity index (χ1) is 10.2. The van der Waals surface area contributed by atoms with Crippen molar-refractivity contribution in [2.24, 2.45) is 0 Å². The molecule has 0 aromatic heterocycles. The molecule has 0 unspecified atom stereocenters. The van der Waals surface area contributed by atoms with E-state index in [1.165, 1.54) is 0 Å². The highest BCUT2D eigenvalue weighted by Gasteiger charge is 2.24. The molecule has 21 heavy (non-hydrogen) atoms. The molecule has 0 saturated heterocycles. The van der Waals surface area contributed by atoms with Gasteiger partial charge in [-0.1, -0.05) is 25.0 Å². The Balaban J connectivity index is 2.02. The zero-order valence-corrected chi connectivity index (χ0v) is 12.0. The summed E-state index contributed by atoms with van der Waals surface area (Å²) in [5, 5.41) is 17.9. The molecule has 4 nitrogen and oxygen atoms in total. The number of carbonyl (C=O) groups is 1. The number of benzene rings is 1. The van der Waals surface area contributed by atoms with Gasteiger partial charge in [-0.3, -0.25) is 4.79 Å². The van der Waals surface area contributed by atoms with Gasteiger partial charge >= 0.3 is 0 Å². The molecule has 0 bridgehead atoms. The average molecular weight is 284 g/mol. The van der Waals surface area contributed by atoms with Gasteiger partial charge in [0.05, 0.1) is 18.2 Å². The predicted molar refractivity (Wildman–Crippen MR) is 81.2 cm³/mol. The third kappa shape index (κ3) is 4.17. The summed E-state index contributed by atoms with van der Waals surface area (Å²) in [4.78, 5) is 14.1. The van der Waals surface area contributed by atoms with Gasteiger partial charge in [0, 0.05) is 18.7 Å². The number of amides is 1. The molecule has 110 valence electrons. The number of hydrogen-bond donors (Lipinski definition) is 1. The summed E-state index contributed by atoms with van der Waals surface area (Å²) < 4.78 is 0. The number of aliphatic hydroxyl groups is 1. The fourth-order valence-corrected chi connectivity index (χ4v) is 2.73. The Labute approximate surface area is 125 Å². The highest BCUT2D eigenvalue weighted by molar-refractivity contribution is 5.92. The molecule has 0 spiro atoms. The molecular formula is C17H20N2O2. The summed E-state index contributed by atoms with van der Waals surface area (Å²) in [6, 6.07) is 9.41. The van der Waals surface area contributed by atoms with Gasteiger partial charge in [-0.25, -0.2) is 0 Å². The summed E-state index contributed by atoms with van der Waals surface area (Å²) in [6.45, 7) is 0.383. The lowest BCUT2D eigenvalue weighted by molar-refractivity contribution is -0.128. The molecule has 1 amide bonds. The van der Waals surface area contributed by atoms with Crippen LogP contribution >= 0.6 is 0 Å². The van der Waals surface area contributed by atoms with E-state index in [4.69, 9.17) is 10.4 Å². The molecule has 2 rings (SSSR count). The maximum atomic E-state index is 12.3. The van der Waals surface area contributed by atoms with Crippen LogP contribution in [0.3, 0.4) is 0 Å². The van der Waals surface area contributed by atoms with E-state index in [0.29, 0.717) is 12.1 Å². The van der Waals surface area contributed by atoms with Crippen LogP contribution in [0.15, 0.2) is 30.3 Å². The summed E-state index contributed by atoms with van der Waals surface area (Å²) in [5.41, 5.74) is 1.49. The molecule has 1 aliphatic carbocycles. The van der Waals surface area contributed by atoms with Crippen molar-refractivity contribution in [1.82, 2.24) is 4.90 Å². The lowest BCUT2D eigenvalue weighted by Crippen LogP contribution is -2.39.